The third kappa shape index (κ3) is 1.82. The van der Waals surface area contributed by atoms with Crippen molar-refractivity contribution in [3.05, 3.63) is 34.9 Å². The first-order valence-corrected chi connectivity index (χ1v) is 6.24. The summed E-state index contributed by atoms with van der Waals surface area (Å²) in [5, 5.41) is 10.6. The number of likely N-dealkylation sites (tertiary alicyclic amines) is 1. The van der Waals surface area contributed by atoms with Crippen LogP contribution >= 0.6 is 11.6 Å². The van der Waals surface area contributed by atoms with Crippen molar-refractivity contribution in [2.75, 3.05) is 6.54 Å². The fourth-order valence-corrected chi connectivity index (χ4v) is 2.62. The highest BCUT2D eigenvalue weighted by molar-refractivity contribution is 6.30. The van der Waals surface area contributed by atoms with E-state index in [1.807, 2.05) is 0 Å². The summed E-state index contributed by atoms with van der Waals surface area (Å²) in [6.45, 7) is 0.0189. The van der Waals surface area contributed by atoms with Crippen molar-refractivity contribution in [1.82, 2.24) is 4.90 Å². The molecule has 2 amide bonds. The zero-order valence-electron chi connectivity index (χ0n) is 9.54. The summed E-state index contributed by atoms with van der Waals surface area (Å²) in [6.07, 6.45) is -0.198. The Morgan fingerprint density at radius 1 is 1.33 bits per heavy atom. The number of hydrogen-bond donors (Lipinski definition) is 1. The molecule has 5 heteroatoms. The number of carbonyl (C=O) groups excluding carboxylic acids is 2. The summed E-state index contributed by atoms with van der Waals surface area (Å²) >= 11 is 5.83. The fraction of sp³-hybridized carbons (Fsp3) is 0.385. The minimum Gasteiger partial charge on any atom is -0.387 e. The van der Waals surface area contributed by atoms with Crippen molar-refractivity contribution in [3.8, 4) is 0 Å². The smallest absolute Gasteiger partial charge is 0.233 e. The van der Waals surface area contributed by atoms with Crippen molar-refractivity contribution < 1.29 is 14.7 Å². The first-order chi connectivity index (χ1) is 8.58. The highest BCUT2D eigenvalue weighted by Crippen LogP contribution is 2.47. The molecule has 2 fully saturated rings. The standard InChI is InChI=1S/C13H12ClNO3/c14-8-3-1-2-7(4-8)11(16)6-15-12(17)9-5-10(9)13(15)18/h1-4,9-11,16H,5-6H2. The molecule has 3 atom stereocenters. The molecule has 1 saturated heterocycles. The van der Waals surface area contributed by atoms with Gasteiger partial charge in [0.2, 0.25) is 11.8 Å². The van der Waals surface area contributed by atoms with Crippen molar-refractivity contribution in [2.45, 2.75) is 12.5 Å². The molecule has 1 N–H and O–H groups in total. The van der Waals surface area contributed by atoms with E-state index in [4.69, 9.17) is 11.6 Å². The first kappa shape index (κ1) is 11.7. The largest absolute Gasteiger partial charge is 0.387 e. The number of hydrogen-bond acceptors (Lipinski definition) is 3. The van der Waals surface area contributed by atoms with Gasteiger partial charge < -0.3 is 5.11 Å². The van der Waals surface area contributed by atoms with E-state index < -0.39 is 6.10 Å². The zero-order chi connectivity index (χ0) is 12.9. The Kier molecular flexibility index (Phi) is 2.64. The van der Waals surface area contributed by atoms with Crippen molar-refractivity contribution >= 4 is 23.4 Å². The van der Waals surface area contributed by atoms with Crippen molar-refractivity contribution in [3.63, 3.8) is 0 Å². The molecule has 4 nitrogen and oxygen atoms in total. The third-order valence-corrected chi connectivity index (χ3v) is 3.78. The van der Waals surface area contributed by atoms with Crippen LogP contribution < -0.4 is 0 Å². The van der Waals surface area contributed by atoms with Gasteiger partial charge >= 0.3 is 0 Å². The third-order valence-electron chi connectivity index (χ3n) is 3.55. The molecule has 1 aliphatic carbocycles. The Labute approximate surface area is 109 Å². The second-order valence-electron chi connectivity index (χ2n) is 4.81. The number of benzene rings is 1. The number of piperidine rings is 1. The Bertz CT molecular complexity index is 511. The van der Waals surface area contributed by atoms with Crippen LogP contribution in [0.1, 0.15) is 18.1 Å². The molecule has 0 spiro atoms. The lowest BCUT2D eigenvalue weighted by Gasteiger charge is -2.20. The molecular formula is C13H12ClNO3. The van der Waals surface area contributed by atoms with E-state index in [1.54, 1.807) is 24.3 Å². The summed E-state index contributed by atoms with van der Waals surface area (Å²) in [5.41, 5.74) is 0.615. The quantitative estimate of drug-likeness (QED) is 0.840. The van der Waals surface area contributed by atoms with Crippen LogP contribution in [0.4, 0.5) is 0 Å². The number of aliphatic hydroxyl groups excluding tert-OH is 1. The normalized spacial score (nSPS) is 27.3. The monoisotopic (exact) mass is 265 g/mol. The summed E-state index contributed by atoms with van der Waals surface area (Å²) in [6, 6.07) is 6.80. The number of halogens is 1. The Morgan fingerprint density at radius 2 is 2.00 bits per heavy atom. The number of fused-ring (bicyclic) bond motifs is 1. The van der Waals surface area contributed by atoms with Gasteiger partial charge in [0.05, 0.1) is 24.5 Å². The lowest BCUT2D eigenvalue weighted by Crippen LogP contribution is -2.36. The molecule has 1 aliphatic heterocycles. The summed E-state index contributed by atoms with van der Waals surface area (Å²) in [4.78, 5) is 24.7. The van der Waals surface area contributed by atoms with E-state index in [0.717, 1.165) is 0 Å². The first-order valence-electron chi connectivity index (χ1n) is 5.86. The van der Waals surface area contributed by atoms with E-state index in [0.29, 0.717) is 17.0 Å². The number of carbonyl (C=O) groups is 2. The molecule has 3 rings (SSSR count). The second kappa shape index (κ2) is 4.07. The van der Waals surface area contributed by atoms with Crippen LogP contribution in [0.25, 0.3) is 0 Å². The lowest BCUT2D eigenvalue weighted by molar-refractivity contribution is -0.143. The Hall–Kier alpha value is -1.39. The van der Waals surface area contributed by atoms with Gasteiger partial charge in [0.1, 0.15) is 0 Å². The van der Waals surface area contributed by atoms with Crippen LogP contribution in [-0.4, -0.2) is 28.4 Å². The molecule has 0 radical (unpaired) electrons. The maximum absolute atomic E-state index is 11.8. The number of nitrogens with zero attached hydrogens (tertiary/aromatic N) is 1. The molecule has 3 unspecified atom stereocenters. The van der Waals surface area contributed by atoms with Crippen LogP contribution in [0, 0.1) is 11.8 Å². The van der Waals surface area contributed by atoms with Crippen LogP contribution in [0.15, 0.2) is 24.3 Å². The molecule has 94 valence electrons. The summed E-state index contributed by atoms with van der Waals surface area (Å²) in [7, 11) is 0. The van der Waals surface area contributed by atoms with Gasteiger partial charge in [-0.25, -0.2) is 0 Å². The van der Waals surface area contributed by atoms with Gasteiger partial charge in [-0.2, -0.15) is 0 Å². The highest BCUT2D eigenvalue weighted by Gasteiger charge is 2.58. The number of imide groups is 1. The Balaban J connectivity index is 1.73. The average Bonchev–Trinajstić information content (AvgIpc) is 3.10. The van der Waals surface area contributed by atoms with Crippen LogP contribution in [0.2, 0.25) is 5.02 Å². The van der Waals surface area contributed by atoms with Gasteiger partial charge in [-0.05, 0) is 24.1 Å². The molecule has 1 aromatic carbocycles. The molecule has 2 aliphatic rings. The van der Waals surface area contributed by atoms with Gasteiger partial charge in [0, 0.05) is 5.02 Å². The maximum Gasteiger partial charge on any atom is 0.233 e. The van der Waals surface area contributed by atoms with Gasteiger partial charge in [0.25, 0.3) is 0 Å². The van der Waals surface area contributed by atoms with Crippen LogP contribution in [-0.2, 0) is 9.59 Å². The van der Waals surface area contributed by atoms with Crippen LogP contribution in [0.3, 0.4) is 0 Å². The molecule has 1 heterocycles. The van der Waals surface area contributed by atoms with Gasteiger partial charge in [-0.1, -0.05) is 23.7 Å². The average molecular weight is 266 g/mol. The second-order valence-corrected chi connectivity index (χ2v) is 5.24. The zero-order valence-corrected chi connectivity index (χ0v) is 10.3. The molecule has 0 aromatic heterocycles. The fourth-order valence-electron chi connectivity index (χ4n) is 2.42. The predicted molar refractivity (Wildman–Crippen MR) is 64.7 cm³/mol. The number of aliphatic hydroxyl groups is 1. The molecule has 1 saturated carbocycles. The SMILES string of the molecule is O=C1C2CC2C(=O)N1CC(O)c1cccc(Cl)c1. The minimum absolute atomic E-state index is 0.0189. The number of amides is 2. The van der Waals surface area contributed by atoms with Crippen molar-refractivity contribution in [1.29, 1.82) is 0 Å². The summed E-state index contributed by atoms with van der Waals surface area (Å²) in [5.74, 6) is -0.537. The molecule has 1 aromatic rings. The molecule has 18 heavy (non-hydrogen) atoms. The summed E-state index contributed by atoms with van der Waals surface area (Å²) < 4.78 is 0. The highest BCUT2D eigenvalue weighted by atomic mass is 35.5. The number of β-amino-alcohol motifs (C(OH)–C–C–N with tert-alkyl or cyclic N) is 1. The predicted octanol–water partition coefficient (Wildman–Crippen LogP) is 1.38. The van der Waals surface area contributed by atoms with Gasteiger partial charge in [-0.3, -0.25) is 14.5 Å². The maximum atomic E-state index is 11.8. The molecule has 0 bridgehead atoms. The van der Waals surface area contributed by atoms with E-state index in [-0.39, 0.29) is 30.2 Å². The molecular weight excluding hydrogens is 254 g/mol. The van der Waals surface area contributed by atoms with E-state index in [9.17, 15) is 14.7 Å². The Morgan fingerprint density at radius 3 is 2.61 bits per heavy atom. The van der Waals surface area contributed by atoms with Gasteiger partial charge in [0.15, 0.2) is 0 Å². The van der Waals surface area contributed by atoms with E-state index in [1.165, 1.54) is 4.90 Å². The van der Waals surface area contributed by atoms with E-state index in [2.05, 4.69) is 0 Å². The lowest BCUT2D eigenvalue weighted by atomic mass is 10.1. The minimum atomic E-state index is -0.880. The van der Waals surface area contributed by atoms with Gasteiger partial charge in [-0.15, -0.1) is 0 Å². The van der Waals surface area contributed by atoms with E-state index >= 15 is 0 Å². The number of rotatable bonds is 3. The van der Waals surface area contributed by atoms with Crippen LogP contribution in [0.5, 0.6) is 0 Å². The topological polar surface area (TPSA) is 57.6 Å². The van der Waals surface area contributed by atoms with Crippen molar-refractivity contribution in [2.24, 2.45) is 11.8 Å².